The van der Waals surface area contributed by atoms with Gasteiger partial charge in [0.25, 0.3) is 0 Å². The van der Waals surface area contributed by atoms with Gasteiger partial charge in [-0.1, -0.05) is 141 Å². The lowest BCUT2D eigenvalue weighted by Gasteiger charge is -2.41. The molecule has 0 bridgehead atoms. The number of anilines is 3. The molecule has 0 amide bonds. The zero-order valence-corrected chi connectivity index (χ0v) is 30.6. The van der Waals surface area contributed by atoms with E-state index in [0.717, 1.165) is 39.0 Å². The predicted octanol–water partition coefficient (Wildman–Crippen LogP) is 14.6. The summed E-state index contributed by atoms with van der Waals surface area (Å²) >= 11 is 0. The van der Waals surface area contributed by atoms with Gasteiger partial charge in [0.05, 0.1) is 5.41 Å². The average Bonchev–Trinajstić information content (AvgIpc) is 3.77. The Morgan fingerprint density at radius 1 is 0.436 bits per heavy atom. The Bertz CT molecular complexity index is 2980. The fraction of sp³-hybridized carbons (Fsp3) is 0.132. The molecule has 0 radical (unpaired) electrons. The molecule has 1 atom stereocenters. The molecule has 1 unspecified atom stereocenters. The van der Waals surface area contributed by atoms with Crippen molar-refractivity contribution in [2.75, 3.05) is 4.90 Å². The molecular weight excluding hydrogens is 667 g/mol. The molecule has 0 aliphatic heterocycles. The Labute approximate surface area is 321 Å². The van der Waals surface area contributed by atoms with E-state index in [4.69, 9.17) is 4.42 Å². The SMILES string of the molecule is c1ccc(N(c2ccc3c(c2)C2(c4ccccc4-3)c3ccc(C4CCCCC4)cc3-c3cccc4cccc2c34)c2ccc3oc4ccccc4c3c2)cc1. The molecule has 1 heterocycles. The maximum absolute atomic E-state index is 6.29. The van der Waals surface area contributed by atoms with E-state index in [1.54, 1.807) is 0 Å². The molecule has 2 nitrogen and oxygen atoms in total. The number of hydrogen-bond acceptors (Lipinski definition) is 2. The normalized spacial score (nSPS) is 17.1. The summed E-state index contributed by atoms with van der Waals surface area (Å²) in [6.45, 7) is 0. The minimum atomic E-state index is -0.483. The van der Waals surface area contributed by atoms with Crippen LogP contribution in [0, 0.1) is 0 Å². The van der Waals surface area contributed by atoms with Crippen molar-refractivity contribution in [1.82, 2.24) is 0 Å². The zero-order chi connectivity index (χ0) is 36.1. The van der Waals surface area contributed by atoms with Crippen molar-refractivity contribution in [2.24, 2.45) is 0 Å². The Kier molecular flexibility index (Phi) is 6.66. The summed E-state index contributed by atoms with van der Waals surface area (Å²) in [5.41, 5.74) is 17.0. The smallest absolute Gasteiger partial charge is 0.135 e. The lowest BCUT2D eigenvalue weighted by Crippen LogP contribution is -2.32. The van der Waals surface area contributed by atoms with Gasteiger partial charge in [-0.3, -0.25) is 0 Å². The van der Waals surface area contributed by atoms with Gasteiger partial charge in [-0.2, -0.15) is 0 Å². The third-order valence-corrected chi connectivity index (χ3v) is 13.0. The molecule has 0 N–H and O–H groups in total. The van der Waals surface area contributed by atoms with Crippen LogP contribution >= 0.6 is 0 Å². The van der Waals surface area contributed by atoms with E-state index >= 15 is 0 Å². The number of nitrogens with zero attached hydrogens (tertiary/aromatic N) is 1. The van der Waals surface area contributed by atoms with E-state index in [-0.39, 0.29) is 0 Å². The first-order valence-electron chi connectivity index (χ1n) is 20.0. The highest BCUT2D eigenvalue weighted by Crippen LogP contribution is 2.62. The fourth-order valence-electron chi connectivity index (χ4n) is 10.7. The monoisotopic (exact) mass is 705 g/mol. The van der Waals surface area contributed by atoms with E-state index < -0.39 is 5.41 Å². The molecule has 0 saturated heterocycles. The van der Waals surface area contributed by atoms with Crippen LogP contribution in [0.4, 0.5) is 17.1 Å². The van der Waals surface area contributed by atoms with Crippen LogP contribution in [0.1, 0.15) is 65.8 Å². The summed E-state index contributed by atoms with van der Waals surface area (Å²) in [4.78, 5) is 2.42. The first kappa shape index (κ1) is 31.0. The fourth-order valence-corrected chi connectivity index (χ4v) is 10.7. The molecular formula is C53H39NO. The standard InChI is InChI=1S/C53H39NO/c1-3-13-34(14-4-1)36-25-29-47-44(31-36)43-21-11-15-35-16-12-23-48(52(35)43)53(47)46-22-9-7-19-40(46)41-28-26-39(33-49(41)53)54(37-17-5-2-6-18-37)38-27-30-51-45(32-38)42-20-8-10-24-50(42)55-51/h2,5-12,15-34H,1,3-4,13-14H2. The Balaban J connectivity index is 1.15. The second-order valence-electron chi connectivity index (χ2n) is 15.8. The Hall–Kier alpha value is -6.38. The van der Waals surface area contributed by atoms with E-state index in [2.05, 4.69) is 169 Å². The molecule has 1 saturated carbocycles. The van der Waals surface area contributed by atoms with Crippen molar-refractivity contribution in [1.29, 1.82) is 0 Å². The molecule has 3 aliphatic carbocycles. The van der Waals surface area contributed by atoms with Gasteiger partial charge in [-0.15, -0.1) is 0 Å². The molecule has 3 aliphatic rings. The highest BCUT2D eigenvalue weighted by atomic mass is 16.3. The molecule has 9 aromatic rings. The molecule has 262 valence electrons. The van der Waals surface area contributed by atoms with Crippen LogP contribution in [0.2, 0.25) is 0 Å². The van der Waals surface area contributed by atoms with Gasteiger partial charge in [-0.05, 0) is 128 Å². The Morgan fingerprint density at radius 3 is 2.04 bits per heavy atom. The van der Waals surface area contributed by atoms with E-state index in [1.807, 2.05) is 6.07 Å². The van der Waals surface area contributed by atoms with Crippen LogP contribution in [0.5, 0.6) is 0 Å². The number of para-hydroxylation sites is 2. The number of fused-ring (bicyclic) bond motifs is 12. The first-order valence-corrected chi connectivity index (χ1v) is 20.0. The maximum atomic E-state index is 6.29. The molecule has 1 aromatic heterocycles. The summed E-state index contributed by atoms with van der Waals surface area (Å²) in [5, 5.41) is 4.94. The van der Waals surface area contributed by atoms with Gasteiger partial charge in [0.2, 0.25) is 0 Å². The van der Waals surface area contributed by atoms with Crippen molar-refractivity contribution in [2.45, 2.75) is 43.4 Å². The van der Waals surface area contributed by atoms with Gasteiger partial charge in [0, 0.05) is 27.8 Å². The van der Waals surface area contributed by atoms with Crippen LogP contribution in [0.25, 0.3) is 55.0 Å². The van der Waals surface area contributed by atoms with Gasteiger partial charge >= 0.3 is 0 Å². The van der Waals surface area contributed by atoms with Gasteiger partial charge in [0.1, 0.15) is 11.2 Å². The summed E-state index contributed by atoms with van der Waals surface area (Å²) in [6, 6.07) is 63.7. The second kappa shape index (κ2) is 11.8. The van der Waals surface area contributed by atoms with Crippen molar-refractivity contribution in [3.05, 3.63) is 198 Å². The minimum Gasteiger partial charge on any atom is -0.456 e. The van der Waals surface area contributed by atoms with E-state index in [9.17, 15) is 0 Å². The molecule has 12 rings (SSSR count). The lowest BCUT2D eigenvalue weighted by molar-refractivity contribution is 0.443. The van der Waals surface area contributed by atoms with Crippen molar-refractivity contribution in [3.8, 4) is 22.3 Å². The van der Waals surface area contributed by atoms with E-state index in [0.29, 0.717) is 5.92 Å². The Morgan fingerprint density at radius 2 is 1.13 bits per heavy atom. The lowest BCUT2D eigenvalue weighted by atomic mass is 9.61. The maximum Gasteiger partial charge on any atom is 0.135 e. The van der Waals surface area contributed by atoms with Crippen molar-refractivity contribution in [3.63, 3.8) is 0 Å². The third kappa shape index (κ3) is 4.37. The third-order valence-electron chi connectivity index (χ3n) is 13.0. The molecule has 1 spiro atoms. The minimum absolute atomic E-state index is 0.483. The second-order valence-corrected chi connectivity index (χ2v) is 15.8. The summed E-state index contributed by atoms with van der Waals surface area (Å²) in [6.07, 6.45) is 6.59. The van der Waals surface area contributed by atoms with Gasteiger partial charge in [0.15, 0.2) is 0 Å². The zero-order valence-electron chi connectivity index (χ0n) is 30.6. The predicted molar refractivity (Wildman–Crippen MR) is 228 cm³/mol. The van der Waals surface area contributed by atoms with Crippen LogP contribution in [-0.4, -0.2) is 0 Å². The van der Waals surface area contributed by atoms with E-state index in [1.165, 1.54) is 92.9 Å². The first-order chi connectivity index (χ1) is 27.3. The number of rotatable bonds is 4. The average molecular weight is 706 g/mol. The van der Waals surface area contributed by atoms with Crippen molar-refractivity contribution < 1.29 is 4.42 Å². The number of hydrogen-bond donors (Lipinski definition) is 0. The van der Waals surface area contributed by atoms with Crippen LogP contribution in [0.15, 0.2) is 174 Å². The van der Waals surface area contributed by atoms with Crippen LogP contribution in [-0.2, 0) is 5.41 Å². The van der Waals surface area contributed by atoms with Crippen molar-refractivity contribution >= 4 is 49.8 Å². The largest absolute Gasteiger partial charge is 0.456 e. The highest BCUT2D eigenvalue weighted by molar-refractivity contribution is 6.08. The highest BCUT2D eigenvalue weighted by Gasteiger charge is 2.50. The quantitative estimate of drug-likeness (QED) is 0.181. The van der Waals surface area contributed by atoms with Crippen LogP contribution < -0.4 is 4.90 Å². The summed E-state index contributed by atoms with van der Waals surface area (Å²) in [5.74, 6) is 0.630. The molecule has 55 heavy (non-hydrogen) atoms. The number of furan rings is 1. The topological polar surface area (TPSA) is 16.4 Å². The van der Waals surface area contributed by atoms with Gasteiger partial charge < -0.3 is 9.32 Å². The van der Waals surface area contributed by atoms with Crippen LogP contribution in [0.3, 0.4) is 0 Å². The number of benzene rings is 8. The molecule has 1 fully saturated rings. The molecule has 2 heteroatoms. The van der Waals surface area contributed by atoms with Gasteiger partial charge in [-0.25, -0.2) is 0 Å². The summed E-state index contributed by atoms with van der Waals surface area (Å²) < 4.78 is 6.29. The molecule has 8 aromatic carbocycles. The summed E-state index contributed by atoms with van der Waals surface area (Å²) in [7, 11) is 0.